The Labute approximate surface area is 224 Å². The summed E-state index contributed by atoms with van der Waals surface area (Å²) in [4.78, 5) is 69.8. The zero-order valence-electron chi connectivity index (χ0n) is 21.6. The van der Waals surface area contributed by atoms with E-state index in [-0.39, 0.29) is 29.5 Å². The number of Topliss-reactive ketones (excluding diaryl/α,β-unsaturated/α-hetero) is 1. The van der Waals surface area contributed by atoms with Crippen LogP contribution in [0.5, 0.6) is 0 Å². The standard InChI is InChI=1S/C28H32FN5O5/c29-18-2-1-3-19-17(18)13-21(32-19)27(39)34-11-9-28(7-8-28)14-22(34)25(37)33-20(12-15-6-10-30-24(15)36)23(35)26(38)31-16-4-5-16/h1-3,13,15-16,20,22,32H,4-12,14H2,(H,30,36)(H,31,38)(H,33,37)/t15-,20-,22-/m0/s1. The number of hydrogen-bond acceptors (Lipinski definition) is 5. The number of nitrogens with zero attached hydrogens (tertiary/aromatic N) is 1. The molecule has 4 amide bonds. The van der Waals surface area contributed by atoms with Crippen molar-refractivity contribution in [1.82, 2.24) is 25.8 Å². The predicted molar refractivity (Wildman–Crippen MR) is 138 cm³/mol. The molecule has 0 bridgehead atoms. The number of H-pyrrole nitrogens is 1. The summed E-state index contributed by atoms with van der Waals surface area (Å²) in [5.74, 6) is -3.64. The largest absolute Gasteiger partial charge is 0.356 e. The number of hydrogen-bond donors (Lipinski definition) is 4. The van der Waals surface area contributed by atoms with Crippen molar-refractivity contribution in [2.24, 2.45) is 11.3 Å². The molecule has 3 atom stereocenters. The summed E-state index contributed by atoms with van der Waals surface area (Å²) in [7, 11) is 0. The van der Waals surface area contributed by atoms with E-state index in [1.54, 1.807) is 12.1 Å². The number of carbonyl (C=O) groups is 5. The highest BCUT2D eigenvalue weighted by Gasteiger charge is 2.51. The minimum Gasteiger partial charge on any atom is -0.356 e. The first-order valence-electron chi connectivity index (χ1n) is 13.7. The van der Waals surface area contributed by atoms with Gasteiger partial charge >= 0.3 is 0 Å². The van der Waals surface area contributed by atoms with Crippen LogP contribution in [0.3, 0.4) is 0 Å². The number of carbonyl (C=O) groups excluding carboxylic acids is 5. The fraction of sp³-hybridized carbons (Fsp3) is 0.536. The van der Waals surface area contributed by atoms with Gasteiger partial charge in [0.25, 0.3) is 11.8 Å². The normalized spacial score (nSPS) is 24.3. The van der Waals surface area contributed by atoms with Gasteiger partial charge in [0.05, 0.1) is 6.04 Å². The maximum Gasteiger partial charge on any atom is 0.289 e. The highest BCUT2D eigenvalue weighted by Crippen LogP contribution is 2.55. The maximum atomic E-state index is 14.3. The number of nitrogens with one attached hydrogen (secondary N) is 4. The lowest BCUT2D eigenvalue weighted by Crippen LogP contribution is -2.58. The van der Waals surface area contributed by atoms with Gasteiger partial charge in [-0.25, -0.2) is 4.39 Å². The van der Waals surface area contributed by atoms with Gasteiger partial charge in [0.1, 0.15) is 17.6 Å². The van der Waals surface area contributed by atoms with E-state index in [1.807, 2.05) is 0 Å². The molecule has 2 saturated carbocycles. The van der Waals surface area contributed by atoms with Crippen LogP contribution in [0.25, 0.3) is 10.9 Å². The van der Waals surface area contributed by atoms with Gasteiger partial charge in [0.15, 0.2) is 0 Å². The Morgan fingerprint density at radius 3 is 2.59 bits per heavy atom. The van der Waals surface area contributed by atoms with Crippen LogP contribution in [0.15, 0.2) is 24.3 Å². The van der Waals surface area contributed by atoms with E-state index in [4.69, 9.17) is 0 Å². The zero-order valence-corrected chi connectivity index (χ0v) is 21.6. The Morgan fingerprint density at radius 1 is 1.13 bits per heavy atom. The summed E-state index contributed by atoms with van der Waals surface area (Å²) in [6.45, 7) is 0.825. The minimum atomic E-state index is -1.18. The van der Waals surface area contributed by atoms with E-state index < -0.39 is 47.3 Å². The Kier molecular flexibility index (Phi) is 6.39. The molecule has 1 aromatic carbocycles. The second kappa shape index (κ2) is 9.77. The van der Waals surface area contributed by atoms with Crippen LogP contribution in [-0.2, 0) is 19.2 Å². The van der Waals surface area contributed by atoms with Gasteiger partial charge in [0, 0.05) is 36.0 Å². The van der Waals surface area contributed by atoms with Crippen molar-refractivity contribution in [2.75, 3.05) is 13.1 Å². The molecule has 11 heteroatoms. The molecule has 10 nitrogen and oxygen atoms in total. The number of aromatic nitrogens is 1. The third-order valence-electron chi connectivity index (χ3n) is 8.70. The monoisotopic (exact) mass is 537 g/mol. The molecular formula is C28H32FN5O5. The molecule has 1 spiro atoms. The van der Waals surface area contributed by atoms with Gasteiger partial charge in [-0.1, -0.05) is 6.07 Å². The fourth-order valence-electron chi connectivity index (χ4n) is 5.93. The molecule has 2 aliphatic heterocycles. The quantitative estimate of drug-likeness (QED) is 0.378. The van der Waals surface area contributed by atoms with Crippen LogP contribution < -0.4 is 16.0 Å². The van der Waals surface area contributed by atoms with E-state index in [0.717, 1.165) is 32.1 Å². The van der Waals surface area contributed by atoms with Gasteiger partial charge in [-0.2, -0.15) is 0 Å². The SMILES string of the molecule is O=C(NC1CC1)C(=O)[C@H](C[C@@H]1CCNC1=O)NC(=O)[C@@H]1CC2(CCN1C(=O)c1cc3c(F)cccc3[nH]1)CC2. The van der Waals surface area contributed by atoms with Crippen molar-refractivity contribution in [3.05, 3.63) is 35.8 Å². The molecule has 1 aromatic heterocycles. The number of rotatable bonds is 8. The molecule has 206 valence electrons. The Balaban J connectivity index is 1.24. The molecule has 2 aliphatic carbocycles. The highest BCUT2D eigenvalue weighted by molar-refractivity contribution is 6.38. The first-order valence-corrected chi connectivity index (χ1v) is 13.7. The highest BCUT2D eigenvalue weighted by atomic mass is 19.1. The summed E-state index contributed by atoms with van der Waals surface area (Å²) >= 11 is 0. The number of likely N-dealkylation sites (tertiary alicyclic amines) is 1. The molecular weight excluding hydrogens is 505 g/mol. The smallest absolute Gasteiger partial charge is 0.289 e. The molecule has 39 heavy (non-hydrogen) atoms. The third kappa shape index (κ3) is 5.14. The van der Waals surface area contributed by atoms with Gasteiger partial charge in [0.2, 0.25) is 17.6 Å². The Hall–Kier alpha value is -3.76. The number of ketones is 1. The second-order valence-corrected chi connectivity index (χ2v) is 11.5. The van der Waals surface area contributed by atoms with Crippen molar-refractivity contribution in [3.63, 3.8) is 0 Å². The molecule has 4 fully saturated rings. The number of piperidine rings is 1. The van der Waals surface area contributed by atoms with Crippen LogP contribution in [0.4, 0.5) is 4.39 Å². The van der Waals surface area contributed by atoms with Gasteiger partial charge in [-0.05, 0) is 75.0 Å². The second-order valence-electron chi connectivity index (χ2n) is 11.5. The van der Waals surface area contributed by atoms with Crippen molar-refractivity contribution >= 4 is 40.3 Å². The van der Waals surface area contributed by atoms with E-state index >= 15 is 0 Å². The topological polar surface area (TPSA) is 140 Å². The summed E-state index contributed by atoms with van der Waals surface area (Å²) in [6.07, 6.45) is 5.26. The molecule has 4 aliphatic rings. The summed E-state index contributed by atoms with van der Waals surface area (Å²) in [5.41, 5.74) is 0.649. The minimum absolute atomic E-state index is 0.0143. The van der Waals surface area contributed by atoms with Crippen LogP contribution in [0.2, 0.25) is 0 Å². The summed E-state index contributed by atoms with van der Waals surface area (Å²) < 4.78 is 14.3. The predicted octanol–water partition coefficient (Wildman–Crippen LogP) is 1.55. The fourth-order valence-corrected chi connectivity index (χ4v) is 5.93. The average Bonchev–Trinajstić information content (AvgIpc) is 3.80. The first-order chi connectivity index (χ1) is 18.7. The van der Waals surface area contributed by atoms with Gasteiger partial charge < -0.3 is 25.8 Å². The van der Waals surface area contributed by atoms with Crippen LogP contribution in [-0.4, -0.2) is 70.5 Å². The lowest BCUT2D eigenvalue weighted by Gasteiger charge is -2.39. The van der Waals surface area contributed by atoms with Crippen LogP contribution in [0.1, 0.15) is 61.9 Å². The summed E-state index contributed by atoms with van der Waals surface area (Å²) in [5, 5.41) is 8.45. The van der Waals surface area contributed by atoms with Crippen molar-refractivity contribution < 1.29 is 28.4 Å². The number of fused-ring (bicyclic) bond motifs is 1. The lowest BCUT2D eigenvalue weighted by atomic mass is 9.86. The third-order valence-corrected chi connectivity index (χ3v) is 8.70. The average molecular weight is 538 g/mol. The van der Waals surface area contributed by atoms with Crippen molar-refractivity contribution in [2.45, 2.75) is 69.5 Å². The Morgan fingerprint density at radius 2 is 1.92 bits per heavy atom. The molecule has 4 N–H and O–H groups in total. The van der Waals surface area contributed by atoms with Crippen LogP contribution in [0, 0.1) is 17.2 Å². The molecule has 3 heterocycles. The van der Waals surface area contributed by atoms with Crippen LogP contribution >= 0.6 is 0 Å². The van der Waals surface area contributed by atoms with Gasteiger partial charge in [-0.3, -0.25) is 24.0 Å². The number of amides is 4. The maximum absolute atomic E-state index is 14.3. The zero-order chi connectivity index (χ0) is 27.3. The van der Waals surface area contributed by atoms with Crippen molar-refractivity contribution in [1.29, 1.82) is 0 Å². The first kappa shape index (κ1) is 25.5. The number of benzene rings is 1. The lowest BCUT2D eigenvalue weighted by molar-refractivity contribution is -0.141. The van der Waals surface area contributed by atoms with Gasteiger partial charge in [-0.15, -0.1) is 0 Å². The molecule has 6 rings (SSSR count). The van der Waals surface area contributed by atoms with E-state index in [1.165, 1.54) is 17.0 Å². The number of aromatic amines is 1. The number of halogens is 1. The van der Waals surface area contributed by atoms with E-state index in [9.17, 15) is 28.4 Å². The van der Waals surface area contributed by atoms with E-state index in [0.29, 0.717) is 36.8 Å². The molecule has 0 radical (unpaired) electrons. The molecule has 0 unspecified atom stereocenters. The molecule has 2 aromatic rings. The summed E-state index contributed by atoms with van der Waals surface area (Å²) in [6, 6.07) is 3.94. The van der Waals surface area contributed by atoms with Crippen molar-refractivity contribution in [3.8, 4) is 0 Å². The van der Waals surface area contributed by atoms with E-state index in [2.05, 4.69) is 20.9 Å². The molecule has 2 saturated heterocycles. The Bertz CT molecular complexity index is 1360.